The number of pyridine rings is 1. The lowest BCUT2D eigenvalue weighted by molar-refractivity contribution is 0.767. The molecule has 0 unspecified atom stereocenters. The van der Waals surface area contributed by atoms with Gasteiger partial charge in [-0.1, -0.05) is 12.1 Å². The highest BCUT2D eigenvalue weighted by atomic mass is 15.2. The summed E-state index contributed by atoms with van der Waals surface area (Å²) in [6.07, 6.45) is 4.78. The third-order valence-corrected chi connectivity index (χ3v) is 4.36. The Hall–Kier alpha value is -3.33. The molecule has 0 atom stereocenters. The minimum Gasteiger partial charge on any atom is -0.371 e. The van der Waals surface area contributed by atoms with Crippen LogP contribution in [0.3, 0.4) is 0 Å². The number of nitrogens with one attached hydrogen (secondary N) is 1. The van der Waals surface area contributed by atoms with Crippen molar-refractivity contribution in [2.75, 3.05) is 11.9 Å². The monoisotopic (exact) mass is 330 g/mol. The number of para-hydroxylation sites is 2. The molecule has 25 heavy (non-hydrogen) atoms. The highest BCUT2D eigenvalue weighted by Gasteiger charge is 2.14. The Morgan fingerprint density at radius 3 is 2.88 bits per heavy atom. The van der Waals surface area contributed by atoms with Crippen LogP contribution in [0.1, 0.15) is 16.7 Å². The van der Waals surface area contributed by atoms with E-state index in [-0.39, 0.29) is 0 Å². The van der Waals surface area contributed by atoms with Gasteiger partial charge in [0.15, 0.2) is 5.65 Å². The Kier molecular flexibility index (Phi) is 3.62. The van der Waals surface area contributed by atoms with Crippen LogP contribution in [0.25, 0.3) is 16.7 Å². The summed E-state index contributed by atoms with van der Waals surface area (Å²) >= 11 is 0. The number of benzene rings is 1. The Bertz CT molecular complexity index is 1110. The van der Waals surface area contributed by atoms with E-state index in [1.54, 1.807) is 0 Å². The zero-order chi connectivity index (χ0) is 17.4. The Labute approximate surface area is 145 Å². The molecule has 4 rings (SSSR count). The summed E-state index contributed by atoms with van der Waals surface area (Å²) in [4.78, 5) is 4.66. The lowest BCUT2D eigenvalue weighted by Crippen LogP contribution is -2.09. The fraction of sp³-hybridized carbons (Fsp3) is 0.211. The molecule has 124 valence electrons. The first-order chi connectivity index (χ1) is 12.2. The number of aryl methyl sites for hydroxylation is 2. The predicted molar refractivity (Wildman–Crippen MR) is 97.6 cm³/mol. The molecular formula is C19H18N6. The molecule has 0 aliphatic carbocycles. The maximum Gasteiger partial charge on any atom is 0.157 e. The third kappa shape index (κ3) is 2.60. The van der Waals surface area contributed by atoms with E-state index >= 15 is 0 Å². The van der Waals surface area contributed by atoms with E-state index in [1.165, 1.54) is 5.56 Å². The van der Waals surface area contributed by atoms with Gasteiger partial charge in [-0.2, -0.15) is 10.4 Å². The van der Waals surface area contributed by atoms with E-state index < -0.39 is 0 Å². The summed E-state index contributed by atoms with van der Waals surface area (Å²) < 4.78 is 3.84. The molecule has 0 bridgehead atoms. The van der Waals surface area contributed by atoms with Crippen LogP contribution in [0.4, 0.5) is 5.82 Å². The SMILES string of the molecule is Cc1cc(NCCc2cnn(C)c2)n2c(nc3ccccc32)c1C#N. The van der Waals surface area contributed by atoms with Crippen molar-refractivity contribution in [2.45, 2.75) is 13.3 Å². The predicted octanol–water partition coefficient (Wildman–Crippen LogP) is 3.06. The smallest absolute Gasteiger partial charge is 0.157 e. The van der Waals surface area contributed by atoms with Crippen molar-refractivity contribution in [2.24, 2.45) is 7.05 Å². The minimum absolute atomic E-state index is 0.619. The van der Waals surface area contributed by atoms with Crippen molar-refractivity contribution in [3.63, 3.8) is 0 Å². The van der Waals surface area contributed by atoms with Crippen molar-refractivity contribution >= 4 is 22.5 Å². The van der Waals surface area contributed by atoms with Gasteiger partial charge in [-0.3, -0.25) is 9.08 Å². The van der Waals surface area contributed by atoms with Crippen LogP contribution in [0, 0.1) is 18.3 Å². The van der Waals surface area contributed by atoms with E-state index in [4.69, 9.17) is 0 Å². The summed E-state index contributed by atoms with van der Waals surface area (Å²) in [6, 6.07) is 12.3. The van der Waals surface area contributed by atoms with Gasteiger partial charge in [0.2, 0.25) is 0 Å². The maximum atomic E-state index is 9.53. The Morgan fingerprint density at radius 2 is 2.12 bits per heavy atom. The Morgan fingerprint density at radius 1 is 1.28 bits per heavy atom. The van der Waals surface area contributed by atoms with Crippen LogP contribution in [-0.2, 0) is 13.5 Å². The van der Waals surface area contributed by atoms with Crippen LogP contribution in [0.2, 0.25) is 0 Å². The minimum atomic E-state index is 0.619. The first-order valence-electron chi connectivity index (χ1n) is 8.19. The van der Waals surface area contributed by atoms with Gasteiger partial charge in [-0.15, -0.1) is 0 Å². The van der Waals surface area contributed by atoms with Gasteiger partial charge in [0.1, 0.15) is 11.9 Å². The van der Waals surface area contributed by atoms with Gasteiger partial charge < -0.3 is 5.32 Å². The van der Waals surface area contributed by atoms with Crippen LogP contribution in [0.5, 0.6) is 0 Å². The second-order valence-electron chi connectivity index (χ2n) is 6.16. The summed E-state index contributed by atoms with van der Waals surface area (Å²) in [5.41, 5.74) is 5.32. The summed E-state index contributed by atoms with van der Waals surface area (Å²) in [7, 11) is 1.92. The van der Waals surface area contributed by atoms with Crippen molar-refractivity contribution in [1.29, 1.82) is 5.26 Å². The lowest BCUT2D eigenvalue weighted by atomic mass is 10.1. The molecule has 0 aliphatic rings. The zero-order valence-electron chi connectivity index (χ0n) is 14.2. The largest absolute Gasteiger partial charge is 0.371 e. The number of imidazole rings is 1. The number of fused-ring (bicyclic) bond motifs is 3. The van der Waals surface area contributed by atoms with Crippen molar-refractivity contribution in [3.8, 4) is 6.07 Å². The van der Waals surface area contributed by atoms with Gasteiger partial charge in [-0.25, -0.2) is 4.98 Å². The zero-order valence-corrected chi connectivity index (χ0v) is 14.2. The molecule has 0 fully saturated rings. The first-order valence-corrected chi connectivity index (χ1v) is 8.19. The number of aromatic nitrogens is 4. The summed E-state index contributed by atoms with van der Waals surface area (Å²) in [5, 5.41) is 17.2. The molecule has 0 spiro atoms. The van der Waals surface area contributed by atoms with Gasteiger partial charge >= 0.3 is 0 Å². The molecule has 0 radical (unpaired) electrons. The number of hydrogen-bond acceptors (Lipinski definition) is 4. The molecule has 3 heterocycles. The molecule has 0 amide bonds. The first kappa shape index (κ1) is 15.2. The molecule has 1 aromatic carbocycles. The van der Waals surface area contributed by atoms with Gasteiger partial charge in [-0.05, 0) is 42.7 Å². The van der Waals surface area contributed by atoms with Crippen LogP contribution >= 0.6 is 0 Å². The molecular weight excluding hydrogens is 312 g/mol. The van der Waals surface area contributed by atoms with Gasteiger partial charge in [0.25, 0.3) is 0 Å². The highest BCUT2D eigenvalue weighted by molar-refractivity contribution is 5.85. The van der Waals surface area contributed by atoms with Gasteiger partial charge in [0.05, 0.1) is 22.8 Å². The number of anilines is 1. The van der Waals surface area contributed by atoms with Crippen LogP contribution in [0.15, 0.2) is 42.7 Å². The van der Waals surface area contributed by atoms with E-state index in [0.29, 0.717) is 11.2 Å². The van der Waals surface area contributed by atoms with E-state index in [9.17, 15) is 5.26 Å². The fourth-order valence-corrected chi connectivity index (χ4v) is 3.16. The van der Waals surface area contributed by atoms with E-state index in [1.807, 2.05) is 65.8 Å². The third-order valence-electron chi connectivity index (χ3n) is 4.36. The molecule has 1 N–H and O–H groups in total. The molecule has 6 heteroatoms. The van der Waals surface area contributed by atoms with Gasteiger partial charge in [0, 0.05) is 19.8 Å². The van der Waals surface area contributed by atoms with Crippen LogP contribution < -0.4 is 5.32 Å². The Balaban J connectivity index is 1.76. The maximum absolute atomic E-state index is 9.53. The average Bonchev–Trinajstić information content (AvgIpc) is 3.18. The number of nitriles is 1. The topological polar surface area (TPSA) is 70.9 Å². The molecule has 0 saturated carbocycles. The number of rotatable bonds is 4. The summed E-state index contributed by atoms with van der Waals surface area (Å²) in [6.45, 7) is 2.73. The normalized spacial score (nSPS) is 11.1. The van der Waals surface area contributed by atoms with Crippen molar-refractivity contribution in [3.05, 3.63) is 59.4 Å². The van der Waals surface area contributed by atoms with E-state index in [0.717, 1.165) is 35.4 Å². The molecule has 4 aromatic rings. The second-order valence-corrected chi connectivity index (χ2v) is 6.16. The fourth-order valence-electron chi connectivity index (χ4n) is 3.16. The summed E-state index contributed by atoms with van der Waals surface area (Å²) in [5.74, 6) is 0.948. The standard InChI is InChI=1S/C19H18N6/c1-13-9-18(21-8-7-14-11-22-24(2)12-14)25-17-6-4-3-5-16(17)23-19(25)15(13)10-20/h3-6,9,11-12,21H,7-8H2,1-2H3. The molecule has 0 saturated heterocycles. The molecule has 3 aromatic heterocycles. The average molecular weight is 330 g/mol. The number of hydrogen-bond donors (Lipinski definition) is 1. The lowest BCUT2D eigenvalue weighted by Gasteiger charge is -2.12. The quantitative estimate of drug-likeness (QED) is 0.624. The highest BCUT2D eigenvalue weighted by Crippen LogP contribution is 2.26. The van der Waals surface area contributed by atoms with E-state index in [2.05, 4.69) is 21.5 Å². The molecule has 0 aliphatic heterocycles. The number of nitrogens with zero attached hydrogens (tertiary/aromatic N) is 5. The van der Waals surface area contributed by atoms with Crippen LogP contribution in [-0.4, -0.2) is 25.7 Å². The van der Waals surface area contributed by atoms with Crippen molar-refractivity contribution in [1.82, 2.24) is 19.2 Å². The molecule has 6 nitrogen and oxygen atoms in total. The van der Waals surface area contributed by atoms with Crippen molar-refractivity contribution < 1.29 is 0 Å². The second kappa shape index (κ2) is 5.95.